The topological polar surface area (TPSA) is 80.9 Å². The lowest BCUT2D eigenvalue weighted by molar-refractivity contribution is -0.140. The van der Waals surface area contributed by atoms with E-state index < -0.39 is 29.6 Å². The summed E-state index contributed by atoms with van der Waals surface area (Å²) in [6.45, 7) is 4.03. The van der Waals surface area contributed by atoms with E-state index in [0.29, 0.717) is 22.6 Å². The van der Waals surface area contributed by atoms with Gasteiger partial charge < -0.3 is 14.4 Å². The molecule has 0 spiro atoms. The average molecular weight is 420 g/mol. The Morgan fingerprint density at radius 2 is 1.93 bits per heavy atom. The van der Waals surface area contributed by atoms with Gasteiger partial charge in [-0.05, 0) is 49.7 Å². The third-order valence-corrected chi connectivity index (χ3v) is 5.27. The first kappa shape index (κ1) is 20.7. The minimum atomic E-state index is -1.16. The number of carboxylic acid groups (broad SMARTS) is 1. The number of aromatic nitrogens is 1. The van der Waals surface area contributed by atoms with Crippen molar-refractivity contribution in [2.24, 2.45) is 4.99 Å². The second kappa shape index (κ2) is 8.52. The van der Waals surface area contributed by atoms with Gasteiger partial charge in [-0.15, -0.1) is 0 Å². The number of rotatable bonds is 6. The molecule has 0 saturated carbocycles. The van der Waals surface area contributed by atoms with Crippen LogP contribution in [-0.2, 0) is 4.79 Å². The lowest BCUT2D eigenvalue weighted by atomic mass is 10.2. The molecule has 3 aromatic rings. The van der Waals surface area contributed by atoms with Gasteiger partial charge in [0.15, 0.2) is 16.4 Å². The number of hydrogen-bond donors (Lipinski definition) is 1. The van der Waals surface area contributed by atoms with Crippen molar-refractivity contribution in [2.75, 3.05) is 6.61 Å². The molecule has 0 radical (unpaired) electrons. The van der Waals surface area contributed by atoms with Gasteiger partial charge in [-0.2, -0.15) is 4.99 Å². The van der Waals surface area contributed by atoms with Crippen molar-refractivity contribution < 1.29 is 28.2 Å². The lowest BCUT2D eigenvalue weighted by Gasteiger charge is -2.13. The summed E-state index contributed by atoms with van der Waals surface area (Å²) < 4.78 is 34.2. The Morgan fingerprint density at radius 3 is 2.55 bits per heavy atom. The predicted octanol–water partition coefficient (Wildman–Crippen LogP) is 4.16. The van der Waals surface area contributed by atoms with E-state index in [9.17, 15) is 23.5 Å². The number of ether oxygens (including phenoxy) is 1. The highest BCUT2D eigenvalue weighted by molar-refractivity contribution is 7.16. The van der Waals surface area contributed by atoms with E-state index >= 15 is 0 Å². The molecule has 1 aromatic heterocycles. The molecule has 152 valence electrons. The van der Waals surface area contributed by atoms with Crippen molar-refractivity contribution >= 4 is 33.4 Å². The molecule has 0 saturated heterocycles. The zero-order chi connectivity index (χ0) is 21.1. The Labute approximate surface area is 168 Å². The number of nitrogens with zero attached hydrogens (tertiary/aromatic N) is 2. The van der Waals surface area contributed by atoms with Crippen molar-refractivity contribution in [3.63, 3.8) is 0 Å². The van der Waals surface area contributed by atoms with Gasteiger partial charge in [0.1, 0.15) is 11.8 Å². The Kier molecular flexibility index (Phi) is 6.07. The highest BCUT2D eigenvalue weighted by Crippen LogP contribution is 2.27. The van der Waals surface area contributed by atoms with Gasteiger partial charge in [0, 0.05) is 5.56 Å². The van der Waals surface area contributed by atoms with Gasteiger partial charge in [0.25, 0.3) is 5.91 Å². The molecular weight excluding hydrogens is 402 g/mol. The van der Waals surface area contributed by atoms with E-state index in [4.69, 9.17) is 4.74 Å². The zero-order valence-electron chi connectivity index (χ0n) is 15.7. The summed E-state index contributed by atoms with van der Waals surface area (Å²) in [5, 5.41) is 9.63. The van der Waals surface area contributed by atoms with E-state index in [-0.39, 0.29) is 16.8 Å². The van der Waals surface area contributed by atoms with Crippen LogP contribution in [0.2, 0.25) is 0 Å². The van der Waals surface area contributed by atoms with Crippen LogP contribution < -0.4 is 9.54 Å². The normalized spacial score (nSPS) is 12.9. The molecule has 1 heterocycles. The molecule has 0 aliphatic heterocycles. The van der Waals surface area contributed by atoms with Crippen LogP contribution in [0.4, 0.5) is 8.78 Å². The first-order valence-electron chi connectivity index (χ1n) is 8.90. The van der Waals surface area contributed by atoms with Gasteiger partial charge in [0.2, 0.25) is 0 Å². The van der Waals surface area contributed by atoms with Crippen LogP contribution in [0, 0.1) is 11.6 Å². The maximum atomic E-state index is 13.5. The minimum Gasteiger partial charge on any atom is -0.494 e. The first-order chi connectivity index (χ1) is 13.8. The summed E-state index contributed by atoms with van der Waals surface area (Å²) in [5.74, 6) is -3.49. The molecule has 3 rings (SSSR count). The second-order valence-electron chi connectivity index (χ2n) is 6.13. The number of thiazole rings is 1. The predicted molar refractivity (Wildman–Crippen MR) is 104 cm³/mol. The SMILES string of the molecule is CCOc1ccc2c(c1)s/c(=N\C(=O)c1ccc(F)c(F)c1)n2C(CC)C(=O)O. The Morgan fingerprint density at radius 1 is 1.17 bits per heavy atom. The molecule has 9 heteroatoms. The fraction of sp³-hybridized carbons (Fsp3) is 0.250. The number of fused-ring (bicyclic) bond motifs is 1. The summed E-state index contributed by atoms with van der Waals surface area (Å²) in [5.41, 5.74) is 0.454. The number of benzene rings is 2. The van der Waals surface area contributed by atoms with Crippen LogP contribution in [0.1, 0.15) is 36.7 Å². The van der Waals surface area contributed by atoms with Gasteiger partial charge in [-0.1, -0.05) is 18.3 Å². The van der Waals surface area contributed by atoms with Crippen LogP contribution in [0.15, 0.2) is 41.4 Å². The largest absolute Gasteiger partial charge is 0.494 e. The number of carbonyl (C=O) groups is 2. The standard InChI is InChI=1S/C20H18F2N2O4S/c1-3-15(19(26)27)24-16-8-6-12(28-4-2)10-17(16)29-20(24)23-18(25)11-5-7-13(21)14(22)9-11/h5-10,15H,3-4H2,1-2H3,(H,26,27)/b23-20-. The van der Waals surface area contributed by atoms with Crippen LogP contribution in [0.3, 0.4) is 0 Å². The van der Waals surface area contributed by atoms with Crippen LogP contribution in [0.5, 0.6) is 5.75 Å². The van der Waals surface area contributed by atoms with Gasteiger partial charge in [-0.3, -0.25) is 4.79 Å². The molecule has 1 N–H and O–H groups in total. The summed E-state index contributed by atoms with van der Waals surface area (Å²) in [7, 11) is 0. The molecule has 29 heavy (non-hydrogen) atoms. The van der Waals surface area contributed by atoms with Crippen LogP contribution in [-0.4, -0.2) is 28.2 Å². The molecule has 6 nitrogen and oxygen atoms in total. The third-order valence-electron chi connectivity index (χ3n) is 4.26. The molecule has 2 aromatic carbocycles. The molecule has 0 aliphatic carbocycles. The van der Waals surface area contributed by atoms with Crippen molar-refractivity contribution in [1.29, 1.82) is 0 Å². The maximum absolute atomic E-state index is 13.5. The zero-order valence-corrected chi connectivity index (χ0v) is 16.5. The van der Waals surface area contributed by atoms with Gasteiger partial charge in [-0.25, -0.2) is 13.6 Å². The van der Waals surface area contributed by atoms with E-state index in [1.165, 1.54) is 4.57 Å². The fourth-order valence-electron chi connectivity index (χ4n) is 2.91. The smallest absolute Gasteiger partial charge is 0.326 e. The lowest BCUT2D eigenvalue weighted by Crippen LogP contribution is -2.27. The summed E-state index contributed by atoms with van der Waals surface area (Å²) in [6, 6.07) is 6.96. The fourth-order valence-corrected chi connectivity index (χ4v) is 4.00. The Balaban J connectivity index is 2.20. The highest BCUT2D eigenvalue weighted by atomic mass is 32.1. The number of amides is 1. The van der Waals surface area contributed by atoms with Crippen molar-refractivity contribution in [1.82, 2.24) is 4.57 Å². The number of hydrogen-bond acceptors (Lipinski definition) is 4. The molecule has 0 aliphatic rings. The number of halogens is 2. The van der Waals surface area contributed by atoms with Crippen molar-refractivity contribution in [3.8, 4) is 5.75 Å². The molecule has 1 amide bonds. The van der Waals surface area contributed by atoms with E-state index in [0.717, 1.165) is 29.5 Å². The second-order valence-corrected chi connectivity index (χ2v) is 7.13. The van der Waals surface area contributed by atoms with E-state index in [1.807, 2.05) is 6.92 Å². The van der Waals surface area contributed by atoms with Crippen LogP contribution in [0.25, 0.3) is 10.2 Å². The Bertz CT molecular complexity index is 1150. The summed E-state index contributed by atoms with van der Waals surface area (Å²) >= 11 is 1.12. The molecule has 1 unspecified atom stereocenters. The molecule has 1 atom stereocenters. The maximum Gasteiger partial charge on any atom is 0.326 e. The average Bonchev–Trinajstić information content (AvgIpc) is 3.01. The van der Waals surface area contributed by atoms with Crippen molar-refractivity contribution in [2.45, 2.75) is 26.3 Å². The highest BCUT2D eigenvalue weighted by Gasteiger charge is 2.22. The molecule has 0 bridgehead atoms. The first-order valence-corrected chi connectivity index (χ1v) is 9.72. The minimum absolute atomic E-state index is 0.133. The molecule has 0 fully saturated rings. The van der Waals surface area contributed by atoms with Crippen molar-refractivity contribution in [3.05, 3.63) is 58.4 Å². The third kappa shape index (κ3) is 4.19. The number of carboxylic acids is 1. The quantitative estimate of drug-likeness (QED) is 0.649. The van der Waals surface area contributed by atoms with Gasteiger partial charge in [0.05, 0.1) is 16.8 Å². The number of carbonyl (C=O) groups excluding carboxylic acids is 1. The monoisotopic (exact) mass is 420 g/mol. The van der Waals surface area contributed by atoms with Crippen LogP contribution >= 0.6 is 11.3 Å². The van der Waals surface area contributed by atoms with E-state index in [1.54, 1.807) is 25.1 Å². The summed E-state index contributed by atoms with van der Waals surface area (Å²) in [6.07, 6.45) is 0.265. The van der Waals surface area contributed by atoms with E-state index in [2.05, 4.69) is 4.99 Å². The van der Waals surface area contributed by atoms with Gasteiger partial charge >= 0.3 is 5.97 Å². The summed E-state index contributed by atoms with van der Waals surface area (Å²) in [4.78, 5) is 28.5. The Hall–Kier alpha value is -3.07. The molecular formula is C20H18F2N2O4S. The number of aliphatic carboxylic acids is 1.